The van der Waals surface area contributed by atoms with Crippen molar-refractivity contribution in [2.24, 2.45) is 0 Å². The van der Waals surface area contributed by atoms with Gasteiger partial charge in [-0.25, -0.2) is 0 Å². The van der Waals surface area contributed by atoms with E-state index in [0.717, 1.165) is 44.6 Å². The monoisotopic (exact) mass is 643 g/mol. The molecule has 0 atom stereocenters. The van der Waals surface area contributed by atoms with Gasteiger partial charge in [0.25, 0.3) is 0 Å². The predicted molar refractivity (Wildman–Crippen MR) is 210 cm³/mol. The van der Waals surface area contributed by atoms with E-state index in [1.807, 2.05) is 17.4 Å². The number of anilines is 3. The van der Waals surface area contributed by atoms with Gasteiger partial charge in [-0.3, -0.25) is 0 Å². The Bertz CT molecular complexity index is 2840. The van der Waals surface area contributed by atoms with E-state index in [2.05, 4.69) is 175 Å². The normalized spacial score (nSPS) is 11.7. The predicted octanol–water partition coefficient (Wildman–Crippen LogP) is 13.9. The summed E-state index contributed by atoms with van der Waals surface area (Å²) < 4.78 is 9.25. The zero-order valence-electron chi connectivity index (χ0n) is 26.5. The molecule has 0 aliphatic heterocycles. The van der Waals surface area contributed by atoms with E-state index in [0.29, 0.717) is 0 Å². The zero-order valence-corrected chi connectivity index (χ0v) is 27.3. The molecule has 0 fully saturated rings. The van der Waals surface area contributed by atoms with E-state index in [1.165, 1.54) is 47.6 Å². The van der Waals surface area contributed by atoms with Crippen molar-refractivity contribution < 1.29 is 4.42 Å². The molecule has 3 heteroatoms. The molecule has 10 aromatic rings. The van der Waals surface area contributed by atoms with Gasteiger partial charge in [-0.05, 0) is 69.9 Å². The second-order valence-electron chi connectivity index (χ2n) is 12.5. The van der Waals surface area contributed by atoms with E-state index >= 15 is 0 Å². The average Bonchev–Trinajstić information content (AvgIpc) is 3.74. The summed E-state index contributed by atoms with van der Waals surface area (Å²) >= 11 is 1.85. The Morgan fingerprint density at radius 2 is 1.04 bits per heavy atom. The second kappa shape index (κ2) is 11.2. The Morgan fingerprint density at radius 3 is 1.96 bits per heavy atom. The summed E-state index contributed by atoms with van der Waals surface area (Å²) in [7, 11) is 0. The van der Waals surface area contributed by atoms with E-state index in [4.69, 9.17) is 4.42 Å². The highest BCUT2D eigenvalue weighted by Crippen LogP contribution is 2.46. The highest BCUT2D eigenvalue weighted by molar-refractivity contribution is 7.25. The van der Waals surface area contributed by atoms with Gasteiger partial charge in [0.2, 0.25) is 0 Å². The standard InChI is InChI=1S/C46H29NOS/c1-2-13-34-30(11-1)12-9-17-35(34)31-23-26-33(27-24-31)47(42-20-10-18-40-37-15-4-7-21-43(37)48-46(40)42)41-19-6-3-14-36(41)32-25-28-39-38-16-5-8-22-44(38)49-45(39)29-32/h1-29H. The van der Waals surface area contributed by atoms with Crippen LogP contribution in [-0.4, -0.2) is 0 Å². The summed E-state index contributed by atoms with van der Waals surface area (Å²) in [6.45, 7) is 0. The third-order valence-corrected chi connectivity index (χ3v) is 10.8. The molecule has 0 unspecified atom stereocenters. The van der Waals surface area contributed by atoms with Gasteiger partial charge >= 0.3 is 0 Å². The second-order valence-corrected chi connectivity index (χ2v) is 13.6. The molecular formula is C46H29NOS. The Balaban J connectivity index is 1.18. The molecule has 0 amide bonds. The number of hydrogen-bond donors (Lipinski definition) is 0. The number of fused-ring (bicyclic) bond motifs is 7. The number of thiophene rings is 1. The van der Waals surface area contributed by atoms with Gasteiger partial charge < -0.3 is 9.32 Å². The first-order chi connectivity index (χ1) is 24.3. The first kappa shape index (κ1) is 27.9. The molecule has 10 rings (SSSR count). The minimum absolute atomic E-state index is 0.872. The summed E-state index contributed by atoms with van der Waals surface area (Å²) in [5.41, 5.74) is 9.68. The van der Waals surface area contributed by atoms with Crippen molar-refractivity contribution in [3.05, 3.63) is 176 Å². The lowest BCUT2D eigenvalue weighted by Gasteiger charge is -2.28. The minimum Gasteiger partial charge on any atom is -0.454 e. The number of benzene rings is 8. The van der Waals surface area contributed by atoms with Gasteiger partial charge in [-0.15, -0.1) is 11.3 Å². The van der Waals surface area contributed by atoms with E-state index in [9.17, 15) is 0 Å². The fourth-order valence-electron chi connectivity index (χ4n) is 7.39. The fraction of sp³-hybridized carbons (Fsp3) is 0. The summed E-state index contributed by atoms with van der Waals surface area (Å²) in [4.78, 5) is 2.36. The Kier molecular flexibility index (Phi) is 6.39. The third-order valence-electron chi connectivity index (χ3n) is 9.69. The van der Waals surface area contributed by atoms with E-state index < -0.39 is 0 Å². The molecule has 2 nitrogen and oxygen atoms in total. The number of rotatable bonds is 5. The molecule has 0 aliphatic rings. The van der Waals surface area contributed by atoms with Crippen molar-refractivity contribution in [3.8, 4) is 22.3 Å². The van der Waals surface area contributed by atoms with Crippen LogP contribution in [0.5, 0.6) is 0 Å². The Labute approximate surface area is 287 Å². The molecule has 8 aromatic carbocycles. The summed E-state index contributed by atoms with van der Waals surface area (Å²) in [5.74, 6) is 0. The van der Waals surface area contributed by atoms with Crippen LogP contribution in [-0.2, 0) is 0 Å². The van der Waals surface area contributed by atoms with Gasteiger partial charge in [-0.2, -0.15) is 0 Å². The lowest BCUT2D eigenvalue weighted by atomic mass is 9.97. The summed E-state index contributed by atoms with van der Waals surface area (Å²) in [6.07, 6.45) is 0. The van der Waals surface area contributed by atoms with Crippen molar-refractivity contribution in [3.63, 3.8) is 0 Å². The molecule has 230 valence electrons. The van der Waals surface area contributed by atoms with Crippen molar-refractivity contribution in [1.82, 2.24) is 0 Å². The highest BCUT2D eigenvalue weighted by atomic mass is 32.1. The van der Waals surface area contributed by atoms with Crippen LogP contribution >= 0.6 is 11.3 Å². The molecule has 0 spiro atoms. The molecule has 2 heterocycles. The van der Waals surface area contributed by atoms with Gasteiger partial charge in [-0.1, -0.05) is 133 Å². The van der Waals surface area contributed by atoms with E-state index in [1.54, 1.807) is 0 Å². The largest absolute Gasteiger partial charge is 0.454 e. The maximum atomic E-state index is 6.65. The van der Waals surface area contributed by atoms with Crippen LogP contribution < -0.4 is 4.90 Å². The molecule has 0 aliphatic carbocycles. The number of hydrogen-bond acceptors (Lipinski definition) is 3. The molecule has 2 aromatic heterocycles. The van der Waals surface area contributed by atoms with Crippen LogP contribution in [0.1, 0.15) is 0 Å². The van der Waals surface area contributed by atoms with Crippen LogP contribution in [0.4, 0.5) is 17.1 Å². The van der Waals surface area contributed by atoms with Gasteiger partial charge in [0.05, 0.1) is 11.4 Å². The quantitative estimate of drug-likeness (QED) is 0.186. The smallest absolute Gasteiger partial charge is 0.159 e. The molecule has 0 saturated heterocycles. The Hall–Kier alpha value is -6.16. The molecule has 0 N–H and O–H groups in total. The van der Waals surface area contributed by atoms with Crippen molar-refractivity contribution in [2.75, 3.05) is 4.90 Å². The Morgan fingerprint density at radius 1 is 0.408 bits per heavy atom. The zero-order chi connectivity index (χ0) is 32.3. The number of para-hydroxylation sites is 3. The summed E-state index contributed by atoms with van der Waals surface area (Å²) in [6, 6.07) is 63.2. The molecular weight excluding hydrogens is 615 g/mol. The minimum atomic E-state index is 0.872. The van der Waals surface area contributed by atoms with Crippen LogP contribution in [0, 0.1) is 0 Å². The SMILES string of the molecule is c1ccc(N(c2ccc(-c3cccc4ccccc34)cc2)c2cccc3c2oc2ccccc23)c(-c2ccc3c(c2)sc2ccccc23)c1. The van der Waals surface area contributed by atoms with Crippen LogP contribution in [0.25, 0.3) is 75.1 Å². The fourth-order valence-corrected chi connectivity index (χ4v) is 8.54. The maximum Gasteiger partial charge on any atom is 0.159 e. The number of furan rings is 1. The average molecular weight is 644 g/mol. The van der Waals surface area contributed by atoms with Crippen molar-refractivity contribution >= 4 is 81.3 Å². The third kappa shape index (κ3) is 4.55. The number of nitrogens with zero attached hydrogens (tertiary/aromatic N) is 1. The van der Waals surface area contributed by atoms with Crippen molar-refractivity contribution in [2.45, 2.75) is 0 Å². The summed E-state index contributed by atoms with van der Waals surface area (Å²) in [5, 5.41) is 7.33. The van der Waals surface area contributed by atoms with Crippen LogP contribution in [0.15, 0.2) is 180 Å². The first-order valence-corrected chi connectivity index (χ1v) is 17.4. The lowest BCUT2D eigenvalue weighted by molar-refractivity contribution is 0.669. The lowest BCUT2D eigenvalue weighted by Crippen LogP contribution is -2.11. The van der Waals surface area contributed by atoms with Crippen LogP contribution in [0.2, 0.25) is 0 Å². The van der Waals surface area contributed by atoms with Crippen molar-refractivity contribution in [1.29, 1.82) is 0 Å². The topological polar surface area (TPSA) is 16.4 Å². The van der Waals surface area contributed by atoms with Gasteiger partial charge in [0, 0.05) is 42.2 Å². The molecule has 49 heavy (non-hydrogen) atoms. The molecule has 0 radical (unpaired) electrons. The van der Waals surface area contributed by atoms with E-state index in [-0.39, 0.29) is 0 Å². The highest BCUT2D eigenvalue weighted by Gasteiger charge is 2.22. The van der Waals surface area contributed by atoms with Crippen LogP contribution in [0.3, 0.4) is 0 Å². The molecule has 0 bridgehead atoms. The maximum absolute atomic E-state index is 6.65. The first-order valence-electron chi connectivity index (χ1n) is 16.6. The van der Waals surface area contributed by atoms with Gasteiger partial charge in [0.1, 0.15) is 5.58 Å². The molecule has 0 saturated carbocycles. The van der Waals surface area contributed by atoms with Gasteiger partial charge in [0.15, 0.2) is 5.58 Å².